The minimum atomic E-state index is -0.211. The zero-order valence-corrected chi connectivity index (χ0v) is 12.0. The molecule has 1 fully saturated rings. The third-order valence-corrected chi connectivity index (χ3v) is 3.90. The molecule has 3 rings (SSSR count). The fourth-order valence-electron chi connectivity index (χ4n) is 2.79. The van der Waals surface area contributed by atoms with Crippen LogP contribution >= 0.6 is 0 Å². The van der Waals surface area contributed by atoms with E-state index in [0.29, 0.717) is 0 Å². The van der Waals surface area contributed by atoms with Crippen molar-refractivity contribution in [3.8, 4) is 0 Å². The molecule has 5 heteroatoms. The van der Waals surface area contributed by atoms with Crippen LogP contribution in [0.3, 0.4) is 0 Å². The first kappa shape index (κ1) is 13.5. The number of ether oxygens (including phenoxy) is 1. The Morgan fingerprint density at radius 1 is 1.45 bits per heavy atom. The molecule has 0 spiro atoms. The maximum absolute atomic E-state index is 13.3. The molecule has 1 aliphatic heterocycles. The van der Waals surface area contributed by atoms with Gasteiger partial charge in [0.2, 0.25) is 0 Å². The van der Waals surface area contributed by atoms with Crippen molar-refractivity contribution >= 4 is 10.9 Å². The van der Waals surface area contributed by atoms with Crippen molar-refractivity contribution in [2.24, 2.45) is 0 Å². The van der Waals surface area contributed by atoms with E-state index in [1.54, 1.807) is 12.1 Å². The van der Waals surface area contributed by atoms with Gasteiger partial charge in [-0.25, -0.2) is 4.39 Å². The van der Waals surface area contributed by atoms with Gasteiger partial charge in [0.1, 0.15) is 5.82 Å². The molecule has 20 heavy (non-hydrogen) atoms. The molecule has 1 saturated heterocycles. The van der Waals surface area contributed by atoms with Gasteiger partial charge in [-0.1, -0.05) is 0 Å². The number of benzene rings is 1. The summed E-state index contributed by atoms with van der Waals surface area (Å²) in [6.45, 7) is 5.48. The highest BCUT2D eigenvalue weighted by molar-refractivity contribution is 5.81. The average Bonchev–Trinajstić information content (AvgIpc) is 2.73. The number of aryl methyl sites for hydroxylation is 2. The maximum atomic E-state index is 13.3. The number of morpholine rings is 1. The molecule has 1 aromatic heterocycles. The summed E-state index contributed by atoms with van der Waals surface area (Å²) in [7, 11) is 2.12. The lowest BCUT2D eigenvalue weighted by atomic mass is 10.2. The van der Waals surface area contributed by atoms with E-state index >= 15 is 0 Å². The summed E-state index contributed by atoms with van der Waals surface area (Å²) in [5.41, 5.74) is 1.87. The summed E-state index contributed by atoms with van der Waals surface area (Å²) >= 11 is 0. The summed E-state index contributed by atoms with van der Waals surface area (Å²) in [4.78, 5) is 2.29. The molecule has 1 unspecified atom stereocenters. The number of aromatic nitrogens is 2. The van der Waals surface area contributed by atoms with Crippen LogP contribution in [0.4, 0.5) is 4.39 Å². The SMILES string of the molecule is Cc1nn(CCC2CN(C)CCO2)c2ccc(F)cc12. The second-order valence-electron chi connectivity index (χ2n) is 5.51. The van der Waals surface area contributed by atoms with E-state index in [9.17, 15) is 4.39 Å². The van der Waals surface area contributed by atoms with Gasteiger partial charge < -0.3 is 9.64 Å². The van der Waals surface area contributed by atoms with Crippen molar-refractivity contribution in [1.82, 2.24) is 14.7 Å². The summed E-state index contributed by atoms with van der Waals surface area (Å²) in [5.74, 6) is -0.211. The Morgan fingerprint density at radius 2 is 2.30 bits per heavy atom. The molecule has 0 N–H and O–H groups in total. The van der Waals surface area contributed by atoms with Gasteiger partial charge in [-0.15, -0.1) is 0 Å². The van der Waals surface area contributed by atoms with Crippen LogP contribution in [0.1, 0.15) is 12.1 Å². The van der Waals surface area contributed by atoms with Gasteiger partial charge in [-0.2, -0.15) is 5.10 Å². The third kappa shape index (κ3) is 2.69. The number of hydrogen-bond acceptors (Lipinski definition) is 3. The van der Waals surface area contributed by atoms with Gasteiger partial charge in [0.05, 0.1) is 23.9 Å². The summed E-state index contributed by atoms with van der Waals surface area (Å²) in [6.07, 6.45) is 1.19. The van der Waals surface area contributed by atoms with Crippen molar-refractivity contribution in [3.63, 3.8) is 0 Å². The molecule has 0 bridgehead atoms. The first-order valence-electron chi connectivity index (χ1n) is 7.06. The maximum Gasteiger partial charge on any atom is 0.124 e. The monoisotopic (exact) mass is 277 g/mol. The molecular formula is C15H20FN3O. The lowest BCUT2D eigenvalue weighted by Crippen LogP contribution is -2.40. The van der Waals surface area contributed by atoms with E-state index in [-0.39, 0.29) is 11.9 Å². The molecule has 1 aliphatic rings. The van der Waals surface area contributed by atoms with E-state index in [2.05, 4.69) is 17.0 Å². The fraction of sp³-hybridized carbons (Fsp3) is 0.533. The first-order chi connectivity index (χ1) is 9.63. The number of hydrogen-bond donors (Lipinski definition) is 0. The topological polar surface area (TPSA) is 30.3 Å². The van der Waals surface area contributed by atoms with E-state index in [4.69, 9.17) is 4.74 Å². The molecule has 0 aliphatic carbocycles. The van der Waals surface area contributed by atoms with Crippen LogP contribution in [0, 0.1) is 12.7 Å². The Morgan fingerprint density at radius 3 is 3.10 bits per heavy atom. The summed E-state index contributed by atoms with van der Waals surface area (Å²) in [5, 5.41) is 5.41. The third-order valence-electron chi connectivity index (χ3n) is 3.90. The lowest BCUT2D eigenvalue weighted by Gasteiger charge is -2.30. The van der Waals surface area contributed by atoms with Crippen LogP contribution in [0.25, 0.3) is 10.9 Å². The van der Waals surface area contributed by atoms with Crippen LogP contribution in [-0.2, 0) is 11.3 Å². The molecule has 108 valence electrons. The number of fused-ring (bicyclic) bond motifs is 1. The second-order valence-corrected chi connectivity index (χ2v) is 5.51. The van der Waals surface area contributed by atoms with Gasteiger partial charge >= 0.3 is 0 Å². The van der Waals surface area contributed by atoms with Crippen LogP contribution < -0.4 is 0 Å². The largest absolute Gasteiger partial charge is 0.375 e. The molecule has 4 nitrogen and oxygen atoms in total. The van der Waals surface area contributed by atoms with E-state index in [1.165, 1.54) is 6.07 Å². The smallest absolute Gasteiger partial charge is 0.124 e. The molecular weight excluding hydrogens is 257 g/mol. The first-order valence-corrected chi connectivity index (χ1v) is 7.06. The van der Waals surface area contributed by atoms with E-state index in [1.807, 2.05) is 11.6 Å². The predicted octanol–water partition coefficient (Wildman–Crippen LogP) is 2.20. The highest BCUT2D eigenvalue weighted by Crippen LogP contribution is 2.20. The number of halogens is 1. The zero-order valence-electron chi connectivity index (χ0n) is 12.0. The lowest BCUT2D eigenvalue weighted by molar-refractivity contribution is -0.0253. The molecule has 0 radical (unpaired) electrons. The Labute approximate surface area is 118 Å². The molecule has 0 amide bonds. The molecule has 0 saturated carbocycles. The Hall–Kier alpha value is -1.46. The zero-order chi connectivity index (χ0) is 14.1. The van der Waals surface area contributed by atoms with Crippen molar-refractivity contribution < 1.29 is 9.13 Å². The molecule has 2 aromatic rings. The van der Waals surface area contributed by atoms with Crippen molar-refractivity contribution in [2.75, 3.05) is 26.7 Å². The summed E-state index contributed by atoms with van der Waals surface area (Å²) in [6, 6.07) is 4.85. The number of likely N-dealkylation sites (N-methyl/N-ethyl adjacent to an activating group) is 1. The number of nitrogens with zero attached hydrogens (tertiary/aromatic N) is 3. The normalized spacial score (nSPS) is 20.6. The molecule has 1 atom stereocenters. The highest BCUT2D eigenvalue weighted by Gasteiger charge is 2.18. The van der Waals surface area contributed by atoms with Crippen molar-refractivity contribution in [1.29, 1.82) is 0 Å². The highest BCUT2D eigenvalue weighted by atomic mass is 19.1. The molecule has 2 heterocycles. The Balaban J connectivity index is 1.74. The van der Waals surface area contributed by atoms with Gasteiger partial charge in [0, 0.05) is 25.0 Å². The Kier molecular flexibility index (Phi) is 3.72. The van der Waals surface area contributed by atoms with E-state index < -0.39 is 0 Å². The van der Waals surface area contributed by atoms with Crippen LogP contribution in [0.5, 0.6) is 0 Å². The standard InChI is InChI=1S/C15H20FN3O/c1-11-14-9-12(16)3-4-15(14)19(17-11)6-5-13-10-18(2)7-8-20-13/h3-4,9,13H,5-8,10H2,1-2H3. The second kappa shape index (κ2) is 5.50. The van der Waals surface area contributed by atoms with Crippen LogP contribution in [0.2, 0.25) is 0 Å². The van der Waals surface area contributed by atoms with E-state index in [0.717, 1.165) is 49.3 Å². The van der Waals surface area contributed by atoms with Crippen molar-refractivity contribution in [2.45, 2.75) is 26.0 Å². The van der Waals surface area contributed by atoms with Gasteiger partial charge in [-0.05, 0) is 38.6 Å². The minimum Gasteiger partial charge on any atom is -0.375 e. The minimum absolute atomic E-state index is 0.211. The van der Waals surface area contributed by atoms with Crippen molar-refractivity contribution in [3.05, 3.63) is 29.7 Å². The molecule has 1 aromatic carbocycles. The fourth-order valence-corrected chi connectivity index (χ4v) is 2.79. The van der Waals surface area contributed by atoms with Gasteiger partial charge in [0.15, 0.2) is 0 Å². The Bertz CT molecular complexity index is 610. The number of rotatable bonds is 3. The van der Waals surface area contributed by atoms with Gasteiger partial charge in [0.25, 0.3) is 0 Å². The quantitative estimate of drug-likeness (QED) is 0.861. The summed E-state index contributed by atoms with van der Waals surface area (Å²) < 4.78 is 21.0. The van der Waals surface area contributed by atoms with Gasteiger partial charge in [-0.3, -0.25) is 4.68 Å². The average molecular weight is 277 g/mol. The van der Waals surface area contributed by atoms with Crippen LogP contribution in [-0.4, -0.2) is 47.5 Å². The predicted molar refractivity (Wildman–Crippen MR) is 76.3 cm³/mol. The van der Waals surface area contributed by atoms with Crippen LogP contribution in [0.15, 0.2) is 18.2 Å².